The van der Waals surface area contributed by atoms with Crippen LogP contribution in [-0.2, 0) is 23.0 Å². The van der Waals surface area contributed by atoms with Crippen molar-refractivity contribution < 1.29 is 9.53 Å². The van der Waals surface area contributed by atoms with E-state index in [9.17, 15) is 4.79 Å². The van der Waals surface area contributed by atoms with E-state index >= 15 is 0 Å². The Bertz CT molecular complexity index is 776. The fraction of sp³-hybridized carbons (Fsp3) is 0.500. The molecule has 134 valence electrons. The number of morpholine rings is 1. The van der Waals surface area contributed by atoms with Crippen molar-refractivity contribution in [1.29, 1.82) is 0 Å². The Balaban J connectivity index is 1.54. The molecule has 0 aliphatic carbocycles. The van der Waals surface area contributed by atoms with E-state index in [-0.39, 0.29) is 12.3 Å². The first-order valence-electron chi connectivity index (χ1n) is 8.14. The van der Waals surface area contributed by atoms with E-state index in [1.807, 2.05) is 26.3 Å². The first-order chi connectivity index (χ1) is 12.0. The van der Waals surface area contributed by atoms with Crippen LogP contribution >= 0.6 is 11.3 Å². The largest absolute Gasteiger partial charge is 0.378 e. The number of hydrogen-bond acceptors (Lipinski definition) is 7. The lowest BCUT2D eigenvalue weighted by Crippen LogP contribution is -2.36. The molecule has 3 rings (SSSR count). The average Bonchev–Trinajstić information content (AvgIpc) is 3.15. The highest BCUT2D eigenvalue weighted by molar-refractivity contribution is 7.13. The number of anilines is 1. The highest BCUT2D eigenvalue weighted by Crippen LogP contribution is 2.21. The quantitative estimate of drug-likeness (QED) is 0.634. The third kappa shape index (κ3) is 4.23. The lowest BCUT2D eigenvalue weighted by atomic mass is 10.2. The molecule has 0 radical (unpaired) electrons. The van der Waals surface area contributed by atoms with Gasteiger partial charge < -0.3 is 9.64 Å². The van der Waals surface area contributed by atoms with Crippen molar-refractivity contribution in [3.63, 3.8) is 0 Å². The van der Waals surface area contributed by atoms with Gasteiger partial charge in [-0.05, 0) is 13.8 Å². The van der Waals surface area contributed by atoms with E-state index in [0.717, 1.165) is 54.1 Å². The van der Waals surface area contributed by atoms with Gasteiger partial charge in [0.05, 0.1) is 37.2 Å². The van der Waals surface area contributed by atoms with Crippen molar-refractivity contribution in [2.24, 2.45) is 12.1 Å². The Morgan fingerprint density at radius 2 is 2.20 bits per heavy atom. The second-order valence-electron chi connectivity index (χ2n) is 5.90. The van der Waals surface area contributed by atoms with Crippen LogP contribution in [0.1, 0.15) is 22.6 Å². The number of hydrogen-bond donors (Lipinski definition) is 1. The molecule has 0 bridgehead atoms. The monoisotopic (exact) mass is 362 g/mol. The molecule has 3 heterocycles. The van der Waals surface area contributed by atoms with Crippen LogP contribution in [0.25, 0.3) is 0 Å². The topological polar surface area (TPSA) is 84.6 Å². The van der Waals surface area contributed by atoms with Crippen LogP contribution in [0.2, 0.25) is 0 Å². The summed E-state index contributed by atoms with van der Waals surface area (Å²) < 4.78 is 7.13. The molecule has 1 amide bonds. The number of hydrazone groups is 1. The lowest BCUT2D eigenvalue weighted by Gasteiger charge is -2.26. The van der Waals surface area contributed by atoms with Crippen molar-refractivity contribution in [1.82, 2.24) is 20.2 Å². The average molecular weight is 362 g/mol. The van der Waals surface area contributed by atoms with Gasteiger partial charge >= 0.3 is 0 Å². The van der Waals surface area contributed by atoms with Gasteiger partial charge in [-0.15, -0.1) is 11.3 Å². The van der Waals surface area contributed by atoms with Crippen LogP contribution in [0.3, 0.4) is 0 Å². The van der Waals surface area contributed by atoms with E-state index in [0.29, 0.717) is 0 Å². The van der Waals surface area contributed by atoms with Gasteiger partial charge in [-0.1, -0.05) is 0 Å². The Morgan fingerprint density at radius 1 is 1.44 bits per heavy atom. The van der Waals surface area contributed by atoms with E-state index in [4.69, 9.17) is 4.74 Å². The number of aryl methyl sites for hydroxylation is 2. The molecule has 0 unspecified atom stereocenters. The highest BCUT2D eigenvalue weighted by atomic mass is 32.1. The molecule has 0 spiro atoms. The molecule has 9 heteroatoms. The van der Waals surface area contributed by atoms with Gasteiger partial charge in [-0.25, -0.2) is 10.4 Å². The van der Waals surface area contributed by atoms with E-state index in [1.165, 1.54) is 0 Å². The summed E-state index contributed by atoms with van der Waals surface area (Å²) >= 11 is 1.56. The standard InChI is InChI=1S/C16H22N6O2S/c1-11-14(12(2)21(3)20-11)9-17-19-15(23)8-13-10-25-16(18-13)22-4-6-24-7-5-22/h9-10H,4-8H2,1-3H3,(H,19,23)/b17-9-. The Labute approximate surface area is 150 Å². The van der Waals surface area contributed by atoms with Crippen LogP contribution in [0.4, 0.5) is 5.13 Å². The first-order valence-corrected chi connectivity index (χ1v) is 9.01. The number of ether oxygens (including phenoxy) is 1. The Kier molecular flexibility index (Phi) is 5.44. The lowest BCUT2D eigenvalue weighted by molar-refractivity contribution is -0.120. The summed E-state index contributed by atoms with van der Waals surface area (Å²) in [4.78, 5) is 18.8. The van der Waals surface area contributed by atoms with E-state index in [2.05, 4.69) is 25.5 Å². The van der Waals surface area contributed by atoms with Crippen LogP contribution in [0, 0.1) is 13.8 Å². The van der Waals surface area contributed by atoms with Crippen molar-refractivity contribution in [2.75, 3.05) is 31.2 Å². The first kappa shape index (κ1) is 17.6. The van der Waals surface area contributed by atoms with Gasteiger partial charge in [0.2, 0.25) is 5.91 Å². The molecule has 8 nitrogen and oxygen atoms in total. The predicted molar refractivity (Wildman–Crippen MR) is 97.3 cm³/mol. The highest BCUT2D eigenvalue weighted by Gasteiger charge is 2.15. The van der Waals surface area contributed by atoms with Crippen LogP contribution < -0.4 is 10.3 Å². The van der Waals surface area contributed by atoms with Gasteiger partial charge in [0.1, 0.15) is 0 Å². The molecule has 1 fully saturated rings. The molecule has 0 saturated carbocycles. The smallest absolute Gasteiger partial charge is 0.246 e. The predicted octanol–water partition coefficient (Wildman–Crippen LogP) is 1.02. The second-order valence-corrected chi connectivity index (χ2v) is 6.74. The van der Waals surface area contributed by atoms with Gasteiger partial charge in [-0.2, -0.15) is 10.2 Å². The molecular weight excluding hydrogens is 340 g/mol. The van der Waals surface area contributed by atoms with Crippen molar-refractivity contribution in [3.05, 3.63) is 28.0 Å². The fourth-order valence-electron chi connectivity index (χ4n) is 2.63. The number of thiazole rings is 1. The SMILES string of the molecule is Cc1nn(C)c(C)c1/C=N\NC(=O)Cc1csc(N2CCOCC2)n1. The van der Waals surface area contributed by atoms with E-state index < -0.39 is 0 Å². The molecule has 0 aromatic carbocycles. The maximum absolute atomic E-state index is 12.0. The number of carbonyl (C=O) groups excluding carboxylic acids is 1. The summed E-state index contributed by atoms with van der Waals surface area (Å²) in [6.07, 6.45) is 1.85. The zero-order valence-electron chi connectivity index (χ0n) is 14.7. The van der Waals surface area contributed by atoms with E-state index in [1.54, 1.807) is 22.2 Å². The normalized spacial score (nSPS) is 15.1. The second kappa shape index (κ2) is 7.75. The zero-order chi connectivity index (χ0) is 17.8. The molecule has 1 aliphatic rings. The van der Waals surface area contributed by atoms with Gasteiger partial charge in [0.15, 0.2) is 5.13 Å². The number of nitrogens with zero attached hydrogens (tertiary/aromatic N) is 5. The molecule has 1 aliphatic heterocycles. The molecule has 1 N–H and O–H groups in total. The maximum atomic E-state index is 12.0. The molecule has 0 atom stereocenters. The summed E-state index contributed by atoms with van der Waals surface area (Å²) in [6, 6.07) is 0. The number of nitrogens with one attached hydrogen (secondary N) is 1. The van der Waals surface area contributed by atoms with Crippen LogP contribution in [0.15, 0.2) is 10.5 Å². The third-order valence-corrected chi connectivity index (χ3v) is 5.06. The molecule has 2 aromatic heterocycles. The van der Waals surface area contributed by atoms with Gasteiger partial charge in [-0.3, -0.25) is 9.48 Å². The molecular formula is C16H22N6O2S. The third-order valence-electron chi connectivity index (χ3n) is 4.11. The van der Waals surface area contributed by atoms with Gasteiger partial charge in [0, 0.05) is 36.8 Å². The van der Waals surface area contributed by atoms with Crippen molar-refractivity contribution in [2.45, 2.75) is 20.3 Å². The van der Waals surface area contributed by atoms with Crippen molar-refractivity contribution >= 4 is 28.6 Å². The summed E-state index contributed by atoms with van der Waals surface area (Å²) in [5.41, 5.74) is 6.12. The summed E-state index contributed by atoms with van der Waals surface area (Å²) in [7, 11) is 1.88. The summed E-state index contributed by atoms with van der Waals surface area (Å²) in [6.45, 7) is 7.00. The zero-order valence-corrected chi connectivity index (χ0v) is 15.5. The minimum absolute atomic E-state index is 0.186. The Hall–Kier alpha value is -2.26. The Morgan fingerprint density at radius 3 is 2.88 bits per heavy atom. The van der Waals surface area contributed by atoms with Crippen molar-refractivity contribution in [3.8, 4) is 0 Å². The molecule has 2 aromatic rings. The van der Waals surface area contributed by atoms with Gasteiger partial charge in [0.25, 0.3) is 0 Å². The fourth-order valence-corrected chi connectivity index (χ4v) is 3.51. The molecule has 25 heavy (non-hydrogen) atoms. The number of carbonyl (C=O) groups is 1. The number of rotatable bonds is 5. The van der Waals surface area contributed by atoms with Crippen LogP contribution in [-0.4, -0.2) is 53.2 Å². The summed E-state index contributed by atoms with van der Waals surface area (Å²) in [5, 5.41) is 11.2. The molecule has 1 saturated heterocycles. The minimum Gasteiger partial charge on any atom is -0.378 e. The van der Waals surface area contributed by atoms with Crippen LogP contribution in [0.5, 0.6) is 0 Å². The number of aromatic nitrogens is 3. The minimum atomic E-state index is -0.186. The summed E-state index contributed by atoms with van der Waals surface area (Å²) in [5.74, 6) is -0.186. The maximum Gasteiger partial charge on any atom is 0.246 e. The number of amides is 1.